The van der Waals surface area contributed by atoms with Gasteiger partial charge in [-0.25, -0.2) is 0 Å². The number of aryl methyl sites for hydroxylation is 1. The molecule has 1 fully saturated rings. The van der Waals surface area contributed by atoms with Gasteiger partial charge in [0.05, 0.1) is 29.6 Å². The van der Waals surface area contributed by atoms with E-state index in [0.717, 1.165) is 25.7 Å². The fourth-order valence-corrected chi connectivity index (χ4v) is 3.84. The lowest BCUT2D eigenvalue weighted by molar-refractivity contribution is 0.0970. The lowest BCUT2D eigenvalue weighted by Gasteiger charge is -2.16. The zero-order valence-corrected chi connectivity index (χ0v) is 16.9. The van der Waals surface area contributed by atoms with Crippen molar-refractivity contribution >= 4 is 29.1 Å². The average molecular weight is 405 g/mol. The van der Waals surface area contributed by atoms with Crippen LogP contribution in [0.4, 0.5) is 5.69 Å². The zero-order chi connectivity index (χ0) is 20.3. The number of ether oxygens (including phenoxy) is 1. The van der Waals surface area contributed by atoms with E-state index in [0.29, 0.717) is 35.2 Å². The highest BCUT2D eigenvalue weighted by atomic mass is 35.5. The molecule has 0 spiro atoms. The number of aromatic nitrogens is 2. The number of carbonyl (C=O) groups excluding carboxylic acids is 2. The standard InChI is InChI=1S/C20H25ClN4O3/c1-3-14-17(19(22)26)18(25(24-14)13-7-5-6-8-13)20(27)23-15-10-9-12(21)11-16(15)28-4-2/h9-11,13H,3-8H2,1-2H3,(H2,22,26)(H,23,27). The lowest BCUT2D eigenvalue weighted by Crippen LogP contribution is -2.25. The fourth-order valence-electron chi connectivity index (χ4n) is 3.67. The third kappa shape index (κ3) is 3.99. The van der Waals surface area contributed by atoms with E-state index in [2.05, 4.69) is 10.4 Å². The van der Waals surface area contributed by atoms with Crippen LogP contribution < -0.4 is 15.8 Å². The fraction of sp³-hybridized carbons (Fsp3) is 0.450. The van der Waals surface area contributed by atoms with Gasteiger partial charge in [0, 0.05) is 11.1 Å². The van der Waals surface area contributed by atoms with Crippen molar-refractivity contribution in [2.75, 3.05) is 11.9 Å². The van der Waals surface area contributed by atoms with Crippen molar-refractivity contribution in [2.24, 2.45) is 5.73 Å². The number of carbonyl (C=O) groups is 2. The smallest absolute Gasteiger partial charge is 0.274 e. The molecule has 2 amide bonds. The van der Waals surface area contributed by atoms with Crippen molar-refractivity contribution in [1.82, 2.24) is 9.78 Å². The van der Waals surface area contributed by atoms with Crippen molar-refractivity contribution in [2.45, 2.75) is 52.0 Å². The Morgan fingerprint density at radius 2 is 2.04 bits per heavy atom. The molecule has 0 atom stereocenters. The van der Waals surface area contributed by atoms with Crippen LogP contribution in [0.1, 0.15) is 72.1 Å². The number of amides is 2. The van der Waals surface area contributed by atoms with E-state index in [9.17, 15) is 9.59 Å². The highest BCUT2D eigenvalue weighted by Gasteiger charge is 2.31. The first kappa shape index (κ1) is 20.2. The van der Waals surface area contributed by atoms with Crippen LogP contribution in [0.5, 0.6) is 5.75 Å². The topological polar surface area (TPSA) is 99.2 Å². The Kier molecular flexibility index (Phi) is 6.24. The number of hydrogen-bond acceptors (Lipinski definition) is 4. The largest absolute Gasteiger partial charge is 0.492 e. The molecule has 1 aliphatic carbocycles. The number of nitrogens with zero attached hydrogens (tertiary/aromatic N) is 2. The molecule has 3 N–H and O–H groups in total. The molecule has 0 unspecified atom stereocenters. The highest BCUT2D eigenvalue weighted by Crippen LogP contribution is 2.33. The van der Waals surface area contributed by atoms with E-state index in [1.54, 1.807) is 22.9 Å². The number of hydrogen-bond donors (Lipinski definition) is 2. The molecule has 0 radical (unpaired) electrons. The summed E-state index contributed by atoms with van der Waals surface area (Å²) in [5.41, 5.74) is 7.05. The van der Waals surface area contributed by atoms with Gasteiger partial charge in [0.15, 0.2) is 0 Å². The monoisotopic (exact) mass is 404 g/mol. The second-order valence-electron chi connectivity index (χ2n) is 6.80. The maximum atomic E-state index is 13.2. The van der Waals surface area contributed by atoms with E-state index in [4.69, 9.17) is 22.1 Å². The molecule has 28 heavy (non-hydrogen) atoms. The van der Waals surface area contributed by atoms with Crippen LogP contribution >= 0.6 is 11.6 Å². The first-order valence-corrected chi connectivity index (χ1v) is 9.98. The highest BCUT2D eigenvalue weighted by molar-refractivity contribution is 6.30. The molecule has 0 aliphatic heterocycles. The summed E-state index contributed by atoms with van der Waals surface area (Å²) in [4.78, 5) is 25.4. The Morgan fingerprint density at radius 1 is 1.32 bits per heavy atom. The third-order valence-electron chi connectivity index (χ3n) is 4.94. The van der Waals surface area contributed by atoms with Gasteiger partial charge in [0.25, 0.3) is 11.8 Å². The normalized spacial score (nSPS) is 14.2. The molecule has 150 valence electrons. The number of anilines is 1. The summed E-state index contributed by atoms with van der Waals surface area (Å²) in [6.45, 7) is 4.16. The number of rotatable bonds is 7. The molecular formula is C20H25ClN4O3. The van der Waals surface area contributed by atoms with E-state index >= 15 is 0 Å². The molecule has 8 heteroatoms. The van der Waals surface area contributed by atoms with Crippen molar-refractivity contribution < 1.29 is 14.3 Å². The maximum Gasteiger partial charge on any atom is 0.274 e. The summed E-state index contributed by atoms with van der Waals surface area (Å²) in [5.74, 6) is -0.616. The van der Waals surface area contributed by atoms with Gasteiger partial charge in [-0.05, 0) is 38.3 Å². The number of benzene rings is 1. The summed E-state index contributed by atoms with van der Waals surface area (Å²) < 4.78 is 7.27. The van der Waals surface area contributed by atoms with Crippen LogP contribution in [0, 0.1) is 0 Å². The summed E-state index contributed by atoms with van der Waals surface area (Å²) in [7, 11) is 0. The molecule has 1 saturated carbocycles. The van der Waals surface area contributed by atoms with E-state index in [1.165, 1.54) is 0 Å². The van der Waals surface area contributed by atoms with Crippen LogP contribution in [-0.2, 0) is 6.42 Å². The second kappa shape index (κ2) is 8.65. The van der Waals surface area contributed by atoms with Crippen LogP contribution in [0.25, 0.3) is 0 Å². The minimum Gasteiger partial charge on any atom is -0.492 e. The number of primary amides is 1. The third-order valence-corrected chi connectivity index (χ3v) is 5.18. The summed E-state index contributed by atoms with van der Waals surface area (Å²) >= 11 is 6.04. The van der Waals surface area contributed by atoms with Crippen molar-refractivity contribution in [3.8, 4) is 5.75 Å². The Hall–Kier alpha value is -2.54. The predicted octanol–water partition coefficient (Wildman–Crippen LogP) is 3.96. The van der Waals surface area contributed by atoms with Gasteiger partial charge in [-0.3, -0.25) is 14.3 Å². The Bertz CT molecular complexity index is 888. The zero-order valence-electron chi connectivity index (χ0n) is 16.1. The predicted molar refractivity (Wildman–Crippen MR) is 108 cm³/mol. The number of nitrogens with two attached hydrogens (primary N) is 1. The van der Waals surface area contributed by atoms with Crippen LogP contribution in [0.15, 0.2) is 18.2 Å². The second-order valence-corrected chi connectivity index (χ2v) is 7.24. The number of nitrogens with one attached hydrogen (secondary N) is 1. The minimum atomic E-state index is -0.646. The molecular weight excluding hydrogens is 380 g/mol. The van der Waals surface area contributed by atoms with Gasteiger partial charge < -0.3 is 15.8 Å². The molecule has 1 aromatic carbocycles. The number of halogens is 1. The van der Waals surface area contributed by atoms with Gasteiger partial charge in [-0.2, -0.15) is 5.10 Å². The average Bonchev–Trinajstić information content (AvgIpc) is 3.30. The van der Waals surface area contributed by atoms with Gasteiger partial charge in [-0.1, -0.05) is 31.4 Å². The molecule has 1 aliphatic rings. The van der Waals surface area contributed by atoms with Gasteiger partial charge >= 0.3 is 0 Å². The molecule has 2 aromatic rings. The molecule has 0 saturated heterocycles. The van der Waals surface area contributed by atoms with Gasteiger partial charge in [-0.15, -0.1) is 0 Å². The van der Waals surface area contributed by atoms with E-state index < -0.39 is 11.8 Å². The van der Waals surface area contributed by atoms with E-state index in [1.807, 2.05) is 13.8 Å². The summed E-state index contributed by atoms with van der Waals surface area (Å²) in [5, 5.41) is 7.92. The summed E-state index contributed by atoms with van der Waals surface area (Å²) in [6.07, 6.45) is 4.52. The Labute approximate surface area is 169 Å². The lowest BCUT2D eigenvalue weighted by atomic mass is 10.1. The Morgan fingerprint density at radius 3 is 2.64 bits per heavy atom. The minimum absolute atomic E-state index is 0.0933. The molecule has 3 rings (SSSR count). The van der Waals surface area contributed by atoms with Gasteiger partial charge in [0.2, 0.25) is 0 Å². The van der Waals surface area contributed by atoms with E-state index in [-0.39, 0.29) is 17.3 Å². The molecule has 0 bridgehead atoms. The van der Waals surface area contributed by atoms with Crippen molar-refractivity contribution in [3.63, 3.8) is 0 Å². The molecule has 1 heterocycles. The van der Waals surface area contributed by atoms with Crippen LogP contribution in [-0.4, -0.2) is 28.2 Å². The first-order valence-electron chi connectivity index (χ1n) is 9.61. The van der Waals surface area contributed by atoms with Crippen LogP contribution in [0.3, 0.4) is 0 Å². The SMILES string of the molecule is CCOc1cc(Cl)ccc1NC(=O)c1c(C(N)=O)c(CC)nn1C1CCCC1. The van der Waals surface area contributed by atoms with Crippen molar-refractivity contribution in [3.05, 3.63) is 40.2 Å². The maximum absolute atomic E-state index is 13.2. The van der Waals surface area contributed by atoms with Gasteiger partial charge in [0.1, 0.15) is 11.4 Å². The molecule has 1 aromatic heterocycles. The quantitative estimate of drug-likeness (QED) is 0.729. The van der Waals surface area contributed by atoms with Crippen molar-refractivity contribution in [1.29, 1.82) is 0 Å². The Balaban J connectivity index is 2.03. The first-order chi connectivity index (χ1) is 13.5. The summed E-state index contributed by atoms with van der Waals surface area (Å²) in [6, 6.07) is 5.07. The molecule has 7 nitrogen and oxygen atoms in total. The van der Waals surface area contributed by atoms with Crippen LogP contribution in [0.2, 0.25) is 5.02 Å².